The minimum Gasteiger partial charge on any atom is -0.347 e. The topological polar surface area (TPSA) is 66.7 Å². The largest absolute Gasteiger partial charge is 0.347 e. The van der Waals surface area contributed by atoms with E-state index in [1.807, 2.05) is 12.1 Å². The molecule has 0 saturated carbocycles. The molecule has 0 aliphatic rings. The van der Waals surface area contributed by atoms with Crippen LogP contribution in [-0.4, -0.2) is 9.97 Å². The minimum absolute atomic E-state index is 0.0103. The number of nitrogens with two attached hydrogens (primary N) is 1. The van der Waals surface area contributed by atoms with Gasteiger partial charge >= 0.3 is 0 Å². The highest BCUT2D eigenvalue weighted by Gasteiger charge is 2.12. The lowest BCUT2D eigenvalue weighted by Crippen LogP contribution is -2.30. The van der Waals surface area contributed by atoms with Crippen LogP contribution in [0.15, 0.2) is 41.1 Å². The van der Waals surface area contributed by atoms with Gasteiger partial charge in [0.2, 0.25) is 0 Å². The lowest BCUT2D eigenvalue weighted by molar-refractivity contribution is 0.527. The third kappa shape index (κ3) is 2.69. The molecule has 0 radical (unpaired) electrons. The fraction of sp³-hybridized carbons (Fsp3) is 0.182. The lowest BCUT2D eigenvalue weighted by Gasteiger charge is -2.13. The van der Waals surface area contributed by atoms with E-state index < -0.39 is 0 Å². The quantitative estimate of drug-likeness (QED) is 0.592. The highest BCUT2D eigenvalue weighted by atomic mass is 79.9. The molecule has 0 aliphatic heterocycles. The molecule has 16 heavy (non-hydrogen) atoms. The number of rotatable bonds is 4. The summed E-state index contributed by atoms with van der Waals surface area (Å²) in [5.74, 6) is 6.37. The van der Waals surface area contributed by atoms with Crippen LogP contribution in [0.4, 0.5) is 0 Å². The summed E-state index contributed by atoms with van der Waals surface area (Å²) in [6.45, 7) is 0. The number of halogens is 1. The maximum atomic E-state index is 5.52. The second-order valence-corrected chi connectivity index (χ2v) is 4.44. The van der Waals surface area contributed by atoms with Gasteiger partial charge in [-0.25, -0.2) is 10.4 Å². The molecule has 0 fully saturated rings. The normalized spacial score (nSPS) is 12.6. The van der Waals surface area contributed by atoms with Crippen LogP contribution >= 0.6 is 15.9 Å². The molecule has 0 aliphatic carbocycles. The van der Waals surface area contributed by atoms with Crippen molar-refractivity contribution in [3.8, 4) is 0 Å². The first-order valence-corrected chi connectivity index (χ1v) is 5.78. The Labute approximate surface area is 102 Å². The van der Waals surface area contributed by atoms with Crippen LogP contribution in [0.5, 0.6) is 0 Å². The van der Waals surface area contributed by atoms with E-state index in [1.165, 1.54) is 5.56 Å². The Morgan fingerprint density at radius 2 is 2.12 bits per heavy atom. The highest BCUT2D eigenvalue weighted by Crippen LogP contribution is 2.16. The first-order chi connectivity index (χ1) is 7.79. The summed E-state index contributed by atoms with van der Waals surface area (Å²) in [5.41, 5.74) is 3.97. The van der Waals surface area contributed by atoms with E-state index in [2.05, 4.69) is 43.5 Å². The number of nitrogens with one attached hydrogen (secondary N) is 2. The Kier molecular flexibility index (Phi) is 3.71. The number of imidazole rings is 1. The van der Waals surface area contributed by atoms with Gasteiger partial charge in [-0.3, -0.25) is 5.84 Å². The Morgan fingerprint density at radius 1 is 1.38 bits per heavy atom. The predicted octanol–water partition coefficient (Wildman–Crippen LogP) is 1.92. The molecule has 2 aromatic rings. The molecule has 1 aromatic carbocycles. The fourth-order valence-electron chi connectivity index (χ4n) is 1.56. The standard InChI is InChI=1S/C11H13BrN4/c12-9-3-1-8(2-4-9)7-10(16-13)11-14-5-6-15-11/h1-6,10,16H,7,13H2,(H,14,15). The molecule has 0 bridgehead atoms. The number of hydrogen-bond donors (Lipinski definition) is 3. The Balaban J connectivity index is 2.10. The minimum atomic E-state index is 0.0103. The number of hydrogen-bond acceptors (Lipinski definition) is 3. The van der Waals surface area contributed by atoms with Gasteiger partial charge in [-0.15, -0.1) is 0 Å². The fourth-order valence-corrected chi connectivity index (χ4v) is 1.82. The van der Waals surface area contributed by atoms with Crippen LogP contribution in [0, 0.1) is 0 Å². The van der Waals surface area contributed by atoms with E-state index in [9.17, 15) is 0 Å². The summed E-state index contributed by atoms with van der Waals surface area (Å²) >= 11 is 3.41. The Hall–Kier alpha value is -1.17. The van der Waals surface area contributed by atoms with Crippen molar-refractivity contribution in [2.75, 3.05) is 0 Å². The summed E-state index contributed by atoms with van der Waals surface area (Å²) in [4.78, 5) is 7.25. The SMILES string of the molecule is NNC(Cc1ccc(Br)cc1)c1ncc[nH]1. The van der Waals surface area contributed by atoms with E-state index >= 15 is 0 Å². The van der Waals surface area contributed by atoms with Gasteiger partial charge < -0.3 is 4.98 Å². The van der Waals surface area contributed by atoms with Crippen LogP contribution in [-0.2, 0) is 6.42 Å². The van der Waals surface area contributed by atoms with Gasteiger partial charge in [-0.05, 0) is 24.1 Å². The van der Waals surface area contributed by atoms with Crippen molar-refractivity contribution >= 4 is 15.9 Å². The predicted molar refractivity (Wildman–Crippen MR) is 66.5 cm³/mol. The van der Waals surface area contributed by atoms with E-state index in [-0.39, 0.29) is 6.04 Å². The van der Waals surface area contributed by atoms with Crippen molar-refractivity contribution in [3.63, 3.8) is 0 Å². The number of H-pyrrole nitrogens is 1. The first kappa shape index (κ1) is 11.3. The molecular formula is C11H13BrN4. The van der Waals surface area contributed by atoms with Gasteiger partial charge in [0.1, 0.15) is 5.82 Å². The van der Waals surface area contributed by atoms with Crippen LogP contribution in [0.1, 0.15) is 17.4 Å². The zero-order valence-corrected chi connectivity index (χ0v) is 10.2. The number of aromatic nitrogens is 2. The maximum Gasteiger partial charge on any atom is 0.124 e. The van der Waals surface area contributed by atoms with Gasteiger partial charge in [0.05, 0.1) is 6.04 Å². The molecule has 0 amide bonds. The Morgan fingerprint density at radius 3 is 2.69 bits per heavy atom. The average Bonchev–Trinajstić information content (AvgIpc) is 2.82. The van der Waals surface area contributed by atoms with Crippen molar-refractivity contribution in [1.29, 1.82) is 0 Å². The number of nitrogens with zero attached hydrogens (tertiary/aromatic N) is 1. The van der Waals surface area contributed by atoms with Gasteiger partial charge in [0.15, 0.2) is 0 Å². The molecule has 4 N–H and O–H groups in total. The van der Waals surface area contributed by atoms with Crippen LogP contribution < -0.4 is 11.3 Å². The number of hydrazine groups is 1. The van der Waals surface area contributed by atoms with Crippen molar-refractivity contribution in [2.45, 2.75) is 12.5 Å². The Bertz CT molecular complexity index is 424. The summed E-state index contributed by atoms with van der Waals surface area (Å²) in [6, 6.07) is 8.18. The number of benzene rings is 1. The zero-order valence-electron chi connectivity index (χ0n) is 8.65. The molecule has 0 spiro atoms. The molecule has 1 atom stereocenters. The third-order valence-electron chi connectivity index (χ3n) is 2.40. The summed E-state index contributed by atoms with van der Waals surface area (Å²) in [7, 11) is 0. The van der Waals surface area contributed by atoms with Crippen LogP contribution in [0.2, 0.25) is 0 Å². The van der Waals surface area contributed by atoms with E-state index in [0.29, 0.717) is 0 Å². The average molecular weight is 281 g/mol. The summed E-state index contributed by atoms with van der Waals surface area (Å²) in [6.07, 6.45) is 4.32. The van der Waals surface area contributed by atoms with Crippen LogP contribution in [0.25, 0.3) is 0 Å². The summed E-state index contributed by atoms with van der Waals surface area (Å²) in [5, 5.41) is 0. The molecule has 1 unspecified atom stereocenters. The van der Waals surface area contributed by atoms with E-state index in [0.717, 1.165) is 16.7 Å². The lowest BCUT2D eigenvalue weighted by atomic mass is 10.1. The van der Waals surface area contributed by atoms with Crippen molar-refractivity contribution in [2.24, 2.45) is 5.84 Å². The van der Waals surface area contributed by atoms with Gasteiger partial charge in [-0.2, -0.15) is 0 Å². The molecule has 4 nitrogen and oxygen atoms in total. The molecule has 1 aromatic heterocycles. The molecule has 0 saturated heterocycles. The van der Waals surface area contributed by atoms with Crippen molar-refractivity contribution < 1.29 is 0 Å². The summed E-state index contributed by atoms with van der Waals surface area (Å²) < 4.78 is 1.08. The first-order valence-electron chi connectivity index (χ1n) is 4.99. The molecule has 2 rings (SSSR count). The van der Waals surface area contributed by atoms with Crippen LogP contribution in [0.3, 0.4) is 0 Å². The molecule has 1 heterocycles. The maximum absolute atomic E-state index is 5.52. The third-order valence-corrected chi connectivity index (χ3v) is 2.93. The highest BCUT2D eigenvalue weighted by molar-refractivity contribution is 9.10. The smallest absolute Gasteiger partial charge is 0.124 e. The molecule has 84 valence electrons. The van der Waals surface area contributed by atoms with Gasteiger partial charge in [-0.1, -0.05) is 28.1 Å². The second kappa shape index (κ2) is 5.25. The monoisotopic (exact) mass is 280 g/mol. The molecular weight excluding hydrogens is 268 g/mol. The van der Waals surface area contributed by atoms with Gasteiger partial charge in [0.25, 0.3) is 0 Å². The van der Waals surface area contributed by atoms with Gasteiger partial charge in [0, 0.05) is 16.9 Å². The second-order valence-electron chi connectivity index (χ2n) is 3.52. The van der Waals surface area contributed by atoms with E-state index in [4.69, 9.17) is 5.84 Å². The van der Waals surface area contributed by atoms with Crippen molar-refractivity contribution in [1.82, 2.24) is 15.4 Å². The number of aromatic amines is 1. The van der Waals surface area contributed by atoms with Crippen molar-refractivity contribution in [3.05, 3.63) is 52.5 Å². The van der Waals surface area contributed by atoms with E-state index in [1.54, 1.807) is 12.4 Å². The zero-order chi connectivity index (χ0) is 11.4. The molecule has 5 heteroatoms.